The van der Waals surface area contributed by atoms with Gasteiger partial charge in [-0.3, -0.25) is 9.59 Å². The van der Waals surface area contributed by atoms with Gasteiger partial charge in [0.05, 0.1) is 6.10 Å². The molecule has 0 aromatic rings. The number of piperazine rings is 1. The van der Waals surface area contributed by atoms with Gasteiger partial charge in [0, 0.05) is 38.0 Å². The van der Waals surface area contributed by atoms with Gasteiger partial charge >= 0.3 is 0 Å². The lowest BCUT2D eigenvalue weighted by molar-refractivity contribution is -0.143. The number of hydrogen-bond donors (Lipinski definition) is 1. The Morgan fingerprint density at radius 1 is 1.05 bits per heavy atom. The van der Waals surface area contributed by atoms with Gasteiger partial charge in [-0.15, -0.1) is 0 Å². The molecule has 1 unspecified atom stereocenters. The summed E-state index contributed by atoms with van der Waals surface area (Å²) >= 11 is 0. The highest BCUT2D eigenvalue weighted by atomic mass is 16.3. The predicted molar refractivity (Wildman–Crippen MR) is 150 cm³/mol. The monoisotopic (exact) mass is 524 g/mol. The van der Waals surface area contributed by atoms with Gasteiger partial charge in [0.2, 0.25) is 11.8 Å². The standard InChI is InChI=1S/C33H52N2O3/c1-21(5-12-30(37)34-17-18-35(22(2)20-34)31(38)23-6-7-23)27-10-11-28-26-9-8-24-19-25(36)13-15-32(24,3)29(26)14-16-33(27,28)4/h8,21-23,25-29,36H,5-7,9-20H2,1-4H3/t21?,22-,25-,26-,27+,28-,29-,32-,33+/m0/s1. The van der Waals surface area contributed by atoms with Crippen molar-refractivity contribution in [1.29, 1.82) is 0 Å². The Bertz CT molecular complexity index is 973. The number of carbonyl (C=O) groups is 2. The third kappa shape index (κ3) is 4.47. The van der Waals surface area contributed by atoms with E-state index >= 15 is 0 Å². The number of aliphatic hydroxyl groups is 1. The molecule has 9 atom stereocenters. The van der Waals surface area contributed by atoms with E-state index in [1.54, 1.807) is 5.57 Å². The van der Waals surface area contributed by atoms with E-state index in [4.69, 9.17) is 0 Å². The molecule has 0 radical (unpaired) electrons. The van der Waals surface area contributed by atoms with Crippen LogP contribution in [0.15, 0.2) is 11.6 Å². The molecule has 5 heteroatoms. The first kappa shape index (κ1) is 26.8. The minimum Gasteiger partial charge on any atom is -0.393 e. The van der Waals surface area contributed by atoms with Gasteiger partial charge in [-0.05, 0) is 118 Å². The minimum atomic E-state index is -0.128. The van der Waals surface area contributed by atoms with Crippen LogP contribution in [0.5, 0.6) is 0 Å². The molecule has 5 fully saturated rings. The summed E-state index contributed by atoms with van der Waals surface area (Å²) in [5, 5.41) is 10.3. The van der Waals surface area contributed by atoms with Gasteiger partial charge in [0.25, 0.3) is 0 Å². The number of allylic oxidation sites excluding steroid dienone is 1. The molecule has 1 heterocycles. The Morgan fingerprint density at radius 2 is 1.84 bits per heavy atom. The normalized spacial score (nSPS) is 43.6. The third-order valence-corrected chi connectivity index (χ3v) is 12.8. The molecule has 0 aromatic heterocycles. The first-order chi connectivity index (χ1) is 18.1. The molecule has 1 saturated heterocycles. The number of aliphatic hydroxyl groups excluding tert-OH is 1. The van der Waals surface area contributed by atoms with E-state index in [9.17, 15) is 14.7 Å². The van der Waals surface area contributed by atoms with Crippen molar-refractivity contribution >= 4 is 11.8 Å². The van der Waals surface area contributed by atoms with Gasteiger partial charge < -0.3 is 14.9 Å². The summed E-state index contributed by atoms with van der Waals surface area (Å²) in [6, 6.07) is 0.141. The van der Waals surface area contributed by atoms with Crippen molar-refractivity contribution in [2.24, 2.45) is 46.3 Å². The number of amides is 2. The fourth-order valence-corrected chi connectivity index (χ4v) is 10.4. The van der Waals surface area contributed by atoms with Crippen molar-refractivity contribution < 1.29 is 14.7 Å². The van der Waals surface area contributed by atoms with Crippen molar-refractivity contribution in [3.63, 3.8) is 0 Å². The van der Waals surface area contributed by atoms with Crippen LogP contribution in [0.25, 0.3) is 0 Å². The van der Waals surface area contributed by atoms with Crippen molar-refractivity contribution in [2.45, 2.75) is 117 Å². The maximum absolute atomic E-state index is 13.2. The molecule has 4 saturated carbocycles. The second-order valence-corrected chi connectivity index (χ2v) is 14.9. The predicted octanol–water partition coefficient (Wildman–Crippen LogP) is 5.81. The van der Waals surface area contributed by atoms with Gasteiger partial charge in [-0.25, -0.2) is 0 Å². The molecular weight excluding hydrogens is 472 g/mol. The summed E-state index contributed by atoms with van der Waals surface area (Å²) in [7, 11) is 0. The zero-order valence-electron chi connectivity index (χ0n) is 24.5. The Hall–Kier alpha value is -1.36. The van der Waals surface area contributed by atoms with Gasteiger partial charge in [0.1, 0.15) is 0 Å². The Labute approximate surface area is 230 Å². The fraction of sp³-hybridized carbons (Fsp3) is 0.879. The average Bonchev–Trinajstić information content (AvgIpc) is 3.68. The molecule has 38 heavy (non-hydrogen) atoms. The zero-order valence-corrected chi connectivity index (χ0v) is 24.5. The highest BCUT2D eigenvalue weighted by Gasteiger charge is 2.59. The quantitative estimate of drug-likeness (QED) is 0.462. The van der Waals surface area contributed by atoms with E-state index in [0.29, 0.717) is 54.6 Å². The second-order valence-electron chi connectivity index (χ2n) is 14.9. The maximum Gasteiger partial charge on any atom is 0.226 e. The van der Waals surface area contributed by atoms with Crippen LogP contribution < -0.4 is 0 Å². The summed E-state index contributed by atoms with van der Waals surface area (Å²) in [6.45, 7) is 11.8. The first-order valence-electron chi connectivity index (χ1n) is 16.1. The summed E-state index contributed by atoms with van der Waals surface area (Å²) in [6.07, 6.45) is 15.8. The zero-order chi connectivity index (χ0) is 26.8. The van der Waals surface area contributed by atoms with Crippen LogP contribution >= 0.6 is 0 Å². The highest BCUT2D eigenvalue weighted by molar-refractivity contribution is 5.82. The van der Waals surface area contributed by atoms with E-state index in [0.717, 1.165) is 62.2 Å². The molecular formula is C33H52N2O3. The molecule has 5 nitrogen and oxygen atoms in total. The fourth-order valence-electron chi connectivity index (χ4n) is 10.4. The third-order valence-electron chi connectivity index (χ3n) is 12.8. The van der Waals surface area contributed by atoms with E-state index in [1.165, 1.54) is 32.1 Å². The van der Waals surface area contributed by atoms with Crippen LogP contribution in [0, 0.1) is 46.3 Å². The largest absolute Gasteiger partial charge is 0.393 e. The molecule has 5 aliphatic carbocycles. The molecule has 6 rings (SSSR count). The van der Waals surface area contributed by atoms with Crippen LogP contribution in [0.1, 0.15) is 105 Å². The number of hydrogen-bond acceptors (Lipinski definition) is 3. The van der Waals surface area contributed by atoms with Gasteiger partial charge in [0.15, 0.2) is 0 Å². The lowest BCUT2D eigenvalue weighted by Crippen LogP contribution is -2.55. The number of fused-ring (bicyclic) bond motifs is 5. The maximum atomic E-state index is 13.2. The van der Waals surface area contributed by atoms with Crippen LogP contribution in [0.2, 0.25) is 0 Å². The average molecular weight is 525 g/mol. The molecule has 0 aromatic carbocycles. The van der Waals surface area contributed by atoms with E-state index in [-0.39, 0.29) is 18.1 Å². The van der Waals surface area contributed by atoms with Crippen LogP contribution in [-0.2, 0) is 9.59 Å². The van der Waals surface area contributed by atoms with E-state index < -0.39 is 0 Å². The molecule has 0 bridgehead atoms. The first-order valence-corrected chi connectivity index (χ1v) is 16.1. The molecule has 212 valence electrons. The van der Waals surface area contributed by atoms with Crippen molar-refractivity contribution in [3.05, 3.63) is 11.6 Å². The Balaban J connectivity index is 1.05. The van der Waals surface area contributed by atoms with Crippen molar-refractivity contribution in [2.75, 3.05) is 19.6 Å². The number of carbonyl (C=O) groups excluding carboxylic acids is 2. The Morgan fingerprint density at radius 3 is 2.58 bits per heavy atom. The number of rotatable bonds is 5. The molecule has 0 spiro atoms. The topological polar surface area (TPSA) is 60.9 Å². The van der Waals surface area contributed by atoms with Gasteiger partial charge in [-0.1, -0.05) is 32.4 Å². The molecule has 2 amide bonds. The molecule has 1 N–H and O–H groups in total. The second kappa shape index (κ2) is 9.93. The Kier molecular flexibility index (Phi) is 7.01. The highest BCUT2D eigenvalue weighted by Crippen LogP contribution is 2.67. The van der Waals surface area contributed by atoms with Crippen LogP contribution in [0.3, 0.4) is 0 Å². The smallest absolute Gasteiger partial charge is 0.226 e. The summed E-state index contributed by atoms with van der Waals surface area (Å²) in [4.78, 5) is 29.8. The van der Waals surface area contributed by atoms with Crippen LogP contribution in [-0.4, -0.2) is 58.5 Å². The van der Waals surface area contributed by atoms with Crippen molar-refractivity contribution in [1.82, 2.24) is 9.80 Å². The van der Waals surface area contributed by atoms with Crippen molar-refractivity contribution in [3.8, 4) is 0 Å². The SMILES string of the molecule is CC(CCC(=O)N1CCN(C(=O)C2CC2)[C@@H](C)C1)[C@H]1CC[C@H]2[C@@H]3CC=C4C[C@@H](O)CC[C@]4(C)[C@H]3CC[C@]12C. The minimum absolute atomic E-state index is 0.128. The molecule has 1 aliphatic heterocycles. The lowest BCUT2D eigenvalue weighted by Gasteiger charge is -2.58. The lowest BCUT2D eigenvalue weighted by atomic mass is 9.47. The van der Waals surface area contributed by atoms with E-state index in [1.807, 2.05) is 9.80 Å². The summed E-state index contributed by atoms with van der Waals surface area (Å²) in [5.41, 5.74) is 2.28. The summed E-state index contributed by atoms with van der Waals surface area (Å²) in [5.74, 6) is 4.57. The van der Waals surface area contributed by atoms with Crippen LogP contribution in [0.4, 0.5) is 0 Å². The molecule has 6 aliphatic rings. The van der Waals surface area contributed by atoms with Gasteiger partial charge in [-0.2, -0.15) is 0 Å². The number of nitrogens with zero attached hydrogens (tertiary/aromatic N) is 2. The summed E-state index contributed by atoms with van der Waals surface area (Å²) < 4.78 is 0. The van der Waals surface area contributed by atoms with E-state index in [2.05, 4.69) is 33.8 Å².